The van der Waals surface area contributed by atoms with Crippen LogP contribution in [0, 0.1) is 6.92 Å². The standard InChI is InChI=1S/C26H24BrClN2O4/c1-16(2)22-13-23(27)17(3)11-24(22)33-15-25(31)30-29-14-18-7-9-21(10-8-18)34-26(32)19-5-4-6-20(28)12-19/h4-14,16H,15H2,1-3H3,(H,30,31). The first-order valence-electron chi connectivity index (χ1n) is 10.6. The summed E-state index contributed by atoms with van der Waals surface area (Å²) in [7, 11) is 0. The second-order valence-corrected chi connectivity index (χ2v) is 9.14. The predicted octanol–water partition coefficient (Wildman–Crippen LogP) is 6.28. The summed E-state index contributed by atoms with van der Waals surface area (Å²) in [5.74, 6) is 0.431. The van der Waals surface area contributed by atoms with Gasteiger partial charge in [-0.2, -0.15) is 5.10 Å². The quantitative estimate of drug-likeness (QED) is 0.157. The Morgan fingerprint density at radius 3 is 2.53 bits per heavy atom. The number of nitrogens with one attached hydrogen (secondary N) is 1. The molecule has 0 radical (unpaired) electrons. The van der Waals surface area contributed by atoms with Gasteiger partial charge in [0.15, 0.2) is 6.61 Å². The molecule has 1 N–H and O–H groups in total. The third-order valence-corrected chi connectivity index (χ3v) is 5.92. The Kier molecular flexibility index (Phi) is 8.85. The van der Waals surface area contributed by atoms with E-state index in [4.69, 9.17) is 21.1 Å². The average Bonchev–Trinajstić information content (AvgIpc) is 2.80. The first-order chi connectivity index (χ1) is 16.2. The topological polar surface area (TPSA) is 77.0 Å². The van der Waals surface area contributed by atoms with Gasteiger partial charge in [-0.1, -0.05) is 47.4 Å². The van der Waals surface area contributed by atoms with Gasteiger partial charge in [-0.15, -0.1) is 0 Å². The fourth-order valence-electron chi connectivity index (χ4n) is 3.00. The number of nitrogens with zero attached hydrogens (tertiary/aromatic N) is 1. The summed E-state index contributed by atoms with van der Waals surface area (Å²) in [6.07, 6.45) is 1.49. The fraction of sp³-hybridized carbons (Fsp3) is 0.192. The average molecular weight is 544 g/mol. The Balaban J connectivity index is 1.51. The molecule has 1 amide bonds. The summed E-state index contributed by atoms with van der Waals surface area (Å²) in [6, 6.07) is 17.2. The molecule has 6 nitrogen and oxygen atoms in total. The van der Waals surface area contributed by atoms with Crippen LogP contribution in [0.4, 0.5) is 0 Å². The van der Waals surface area contributed by atoms with E-state index in [0.717, 1.165) is 21.2 Å². The zero-order chi connectivity index (χ0) is 24.7. The van der Waals surface area contributed by atoms with E-state index in [1.807, 2.05) is 19.1 Å². The minimum atomic E-state index is -0.502. The largest absolute Gasteiger partial charge is 0.483 e. The molecule has 176 valence electrons. The molecule has 0 aliphatic carbocycles. The smallest absolute Gasteiger partial charge is 0.343 e. The molecule has 0 atom stereocenters. The maximum Gasteiger partial charge on any atom is 0.343 e. The van der Waals surface area contributed by atoms with Crippen LogP contribution in [0.5, 0.6) is 11.5 Å². The third kappa shape index (κ3) is 7.17. The molecule has 3 aromatic carbocycles. The number of hydrogen-bond donors (Lipinski definition) is 1. The molecule has 0 aliphatic rings. The van der Waals surface area contributed by atoms with Crippen molar-refractivity contribution in [2.75, 3.05) is 6.61 Å². The first kappa shape index (κ1) is 25.5. The van der Waals surface area contributed by atoms with Gasteiger partial charge in [0.2, 0.25) is 0 Å². The van der Waals surface area contributed by atoms with E-state index < -0.39 is 5.97 Å². The van der Waals surface area contributed by atoms with Crippen LogP contribution in [0.3, 0.4) is 0 Å². The highest BCUT2D eigenvalue weighted by molar-refractivity contribution is 9.10. The lowest BCUT2D eigenvalue weighted by molar-refractivity contribution is -0.123. The van der Waals surface area contributed by atoms with Crippen LogP contribution in [-0.4, -0.2) is 24.7 Å². The van der Waals surface area contributed by atoms with Crippen molar-refractivity contribution in [3.8, 4) is 11.5 Å². The van der Waals surface area contributed by atoms with Crippen molar-refractivity contribution in [3.05, 3.63) is 92.4 Å². The van der Waals surface area contributed by atoms with Crippen molar-refractivity contribution in [3.63, 3.8) is 0 Å². The van der Waals surface area contributed by atoms with Crippen LogP contribution < -0.4 is 14.9 Å². The van der Waals surface area contributed by atoms with Crippen LogP contribution in [0.15, 0.2) is 70.2 Å². The number of hydrogen-bond acceptors (Lipinski definition) is 5. The molecule has 0 saturated heterocycles. The molecule has 34 heavy (non-hydrogen) atoms. The molecule has 0 saturated carbocycles. The minimum Gasteiger partial charge on any atom is -0.483 e. The zero-order valence-corrected chi connectivity index (χ0v) is 21.3. The molecular weight excluding hydrogens is 520 g/mol. The summed E-state index contributed by atoms with van der Waals surface area (Å²) in [4.78, 5) is 24.3. The maximum atomic E-state index is 12.2. The van der Waals surface area contributed by atoms with Crippen molar-refractivity contribution < 1.29 is 19.1 Å². The Hall–Kier alpha value is -3.16. The second kappa shape index (κ2) is 11.8. The number of ether oxygens (including phenoxy) is 2. The van der Waals surface area contributed by atoms with Crippen LogP contribution in [0.1, 0.15) is 46.8 Å². The Morgan fingerprint density at radius 1 is 1.12 bits per heavy atom. The molecule has 0 aliphatic heterocycles. The van der Waals surface area contributed by atoms with Gasteiger partial charge in [-0.25, -0.2) is 10.2 Å². The zero-order valence-electron chi connectivity index (χ0n) is 19.0. The highest BCUT2D eigenvalue weighted by Gasteiger charge is 2.12. The van der Waals surface area contributed by atoms with Crippen molar-refractivity contribution >= 4 is 45.6 Å². The van der Waals surface area contributed by atoms with Gasteiger partial charge < -0.3 is 9.47 Å². The number of halogens is 2. The number of esters is 1. The molecular formula is C26H24BrClN2O4. The number of hydrazone groups is 1. The maximum absolute atomic E-state index is 12.2. The monoisotopic (exact) mass is 542 g/mol. The lowest BCUT2D eigenvalue weighted by Crippen LogP contribution is -2.25. The number of rotatable bonds is 8. The van der Waals surface area contributed by atoms with Gasteiger partial charge in [-0.05, 0) is 84.1 Å². The lowest BCUT2D eigenvalue weighted by Gasteiger charge is -2.15. The molecule has 3 aromatic rings. The normalized spacial score (nSPS) is 11.0. The number of carbonyl (C=O) groups excluding carboxylic acids is 2. The highest BCUT2D eigenvalue weighted by Crippen LogP contribution is 2.32. The molecule has 0 aromatic heterocycles. The lowest BCUT2D eigenvalue weighted by atomic mass is 10.0. The van der Waals surface area contributed by atoms with E-state index in [-0.39, 0.29) is 18.4 Å². The van der Waals surface area contributed by atoms with E-state index in [1.54, 1.807) is 48.5 Å². The van der Waals surface area contributed by atoms with Crippen molar-refractivity contribution in [2.24, 2.45) is 5.10 Å². The van der Waals surface area contributed by atoms with E-state index in [0.29, 0.717) is 22.1 Å². The Bertz CT molecular complexity index is 1210. The number of amides is 1. The summed E-state index contributed by atoms with van der Waals surface area (Å²) in [5.41, 5.74) is 5.57. The molecule has 0 heterocycles. The third-order valence-electron chi connectivity index (χ3n) is 4.83. The number of benzene rings is 3. The van der Waals surface area contributed by atoms with Gasteiger partial charge in [0.1, 0.15) is 11.5 Å². The predicted molar refractivity (Wildman–Crippen MR) is 137 cm³/mol. The van der Waals surface area contributed by atoms with Gasteiger partial charge in [-0.3, -0.25) is 4.79 Å². The highest BCUT2D eigenvalue weighted by atomic mass is 79.9. The second-order valence-electron chi connectivity index (χ2n) is 7.84. The summed E-state index contributed by atoms with van der Waals surface area (Å²) in [5, 5.41) is 4.42. The summed E-state index contributed by atoms with van der Waals surface area (Å²) in [6.45, 7) is 5.95. The molecule has 0 spiro atoms. The van der Waals surface area contributed by atoms with Crippen molar-refractivity contribution in [2.45, 2.75) is 26.7 Å². The van der Waals surface area contributed by atoms with E-state index in [9.17, 15) is 9.59 Å². The Labute approximate surface area is 212 Å². The van der Waals surface area contributed by atoms with Crippen LogP contribution in [0.2, 0.25) is 5.02 Å². The molecule has 0 fully saturated rings. The first-order valence-corrected chi connectivity index (χ1v) is 11.7. The number of carbonyl (C=O) groups is 2. The van der Waals surface area contributed by atoms with Crippen LogP contribution in [0.25, 0.3) is 0 Å². The summed E-state index contributed by atoms with van der Waals surface area (Å²) < 4.78 is 12.1. The van der Waals surface area contributed by atoms with Crippen molar-refractivity contribution in [1.82, 2.24) is 5.43 Å². The van der Waals surface area contributed by atoms with E-state index >= 15 is 0 Å². The molecule has 0 unspecified atom stereocenters. The van der Waals surface area contributed by atoms with Gasteiger partial charge >= 0.3 is 5.97 Å². The van der Waals surface area contributed by atoms with E-state index in [1.165, 1.54) is 6.21 Å². The van der Waals surface area contributed by atoms with E-state index in [2.05, 4.69) is 40.3 Å². The SMILES string of the molecule is Cc1cc(OCC(=O)NN=Cc2ccc(OC(=O)c3cccc(Cl)c3)cc2)c(C(C)C)cc1Br. The van der Waals surface area contributed by atoms with Crippen LogP contribution >= 0.6 is 27.5 Å². The summed E-state index contributed by atoms with van der Waals surface area (Å²) >= 11 is 9.43. The Morgan fingerprint density at radius 2 is 1.85 bits per heavy atom. The number of aryl methyl sites for hydroxylation is 1. The minimum absolute atomic E-state index is 0.156. The molecule has 8 heteroatoms. The van der Waals surface area contributed by atoms with Gasteiger partial charge in [0, 0.05) is 9.50 Å². The van der Waals surface area contributed by atoms with Gasteiger partial charge in [0.05, 0.1) is 11.8 Å². The van der Waals surface area contributed by atoms with Crippen LogP contribution in [-0.2, 0) is 4.79 Å². The molecule has 0 bridgehead atoms. The fourth-order valence-corrected chi connectivity index (χ4v) is 3.56. The van der Waals surface area contributed by atoms with Crippen molar-refractivity contribution in [1.29, 1.82) is 0 Å². The van der Waals surface area contributed by atoms with Gasteiger partial charge in [0.25, 0.3) is 5.91 Å². The molecule has 3 rings (SSSR count).